The van der Waals surface area contributed by atoms with Gasteiger partial charge in [-0.25, -0.2) is 0 Å². The summed E-state index contributed by atoms with van der Waals surface area (Å²) >= 11 is 0. The molecule has 0 N–H and O–H groups in total. The van der Waals surface area contributed by atoms with Gasteiger partial charge in [0.25, 0.3) is 0 Å². The van der Waals surface area contributed by atoms with Crippen molar-refractivity contribution in [3.63, 3.8) is 0 Å². The Kier molecular flexibility index (Phi) is 9.37. The second-order valence-corrected chi connectivity index (χ2v) is 20.2. The van der Waals surface area contributed by atoms with Gasteiger partial charge >= 0.3 is 0 Å². The van der Waals surface area contributed by atoms with Crippen molar-refractivity contribution in [3.05, 3.63) is 267 Å². The van der Waals surface area contributed by atoms with Crippen LogP contribution in [0.4, 0.5) is 0 Å². The molecule has 16 aromatic rings. The molecule has 76 heavy (non-hydrogen) atoms. The van der Waals surface area contributed by atoms with E-state index in [4.69, 9.17) is 8.83 Å². The van der Waals surface area contributed by atoms with E-state index >= 15 is 0 Å². The summed E-state index contributed by atoms with van der Waals surface area (Å²) in [5.74, 6) is 0. The van der Waals surface area contributed by atoms with E-state index in [-0.39, 0.29) is 0 Å². The van der Waals surface area contributed by atoms with Crippen LogP contribution in [0.5, 0.6) is 0 Å². The van der Waals surface area contributed by atoms with Crippen molar-refractivity contribution >= 4 is 97.7 Å². The molecule has 0 saturated carbocycles. The van der Waals surface area contributed by atoms with Crippen LogP contribution in [0, 0.1) is 0 Å². The third kappa shape index (κ3) is 6.54. The van der Waals surface area contributed by atoms with Gasteiger partial charge in [0.15, 0.2) is 0 Å². The number of furan rings is 2. The highest BCUT2D eigenvalue weighted by Gasteiger charge is 2.22. The van der Waals surface area contributed by atoms with E-state index in [1.807, 2.05) is 18.2 Å². The van der Waals surface area contributed by atoms with E-state index in [1.54, 1.807) is 0 Å². The molecule has 16 rings (SSSR count). The molecule has 0 aliphatic heterocycles. The molecule has 0 unspecified atom stereocenters. The fourth-order valence-electron chi connectivity index (χ4n) is 12.6. The van der Waals surface area contributed by atoms with Crippen molar-refractivity contribution in [2.75, 3.05) is 0 Å². The zero-order chi connectivity index (χ0) is 49.8. The summed E-state index contributed by atoms with van der Waals surface area (Å²) in [5.41, 5.74) is 17.9. The molecule has 0 aliphatic rings. The Hall–Kier alpha value is -10.0. The molecule has 0 spiro atoms. The van der Waals surface area contributed by atoms with Crippen LogP contribution in [-0.4, -0.2) is 0 Å². The van der Waals surface area contributed by atoms with Gasteiger partial charge in [-0.3, -0.25) is 0 Å². The number of fused-ring (bicyclic) bond motifs is 11. The maximum atomic E-state index is 6.65. The minimum atomic E-state index is 0.903. The maximum absolute atomic E-state index is 6.65. The highest BCUT2D eigenvalue weighted by atomic mass is 16.3. The molecule has 2 nitrogen and oxygen atoms in total. The molecule has 0 amide bonds. The van der Waals surface area contributed by atoms with Gasteiger partial charge in [-0.2, -0.15) is 0 Å². The van der Waals surface area contributed by atoms with E-state index in [9.17, 15) is 0 Å². The molecule has 2 aromatic heterocycles. The topological polar surface area (TPSA) is 26.3 Å². The minimum absolute atomic E-state index is 0.903. The van der Waals surface area contributed by atoms with Crippen LogP contribution in [0.1, 0.15) is 0 Å². The van der Waals surface area contributed by atoms with E-state index in [2.05, 4.69) is 249 Å². The number of rotatable bonds is 6. The van der Waals surface area contributed by atoms with Crippen molar-refractivity contribution < 1.29 is 8.83 Å². The highest BCUT2D eigenvalue weighted by molar-refractivity contribution is 6.25. The Balaban J connectivity index is 0.766. The van der Waals surface area contributed by atoms with Crippen LogP contribution in [0.2, 0.25) is 0 Å². The average Bonchev–Trinajstić information content (AvgIpc) is 4.10. The van der Waals surface area contributed by atoms with Gasteiger partial charge in [-0.05, 0) is 152 Å². The van der Waals surface area contributed by atoms with Gasteiger partial charge < -0.3 is 8.83 Å². The molecule has 0 atom stereocenters. The molecule has 14 aromatic carbocycles. The largest absolute Gasteiger partial charge is 0.456 e. The highest BCUT2D eigenvalue weighted by Crippen LogP contribution is 2.48. The Bertz CT molecular complexity index is 4930. The summed E-state index contributed by atoms with van der Waals surface area (Å²) < 4.78 is 13.1. The number of para-hydroxylation sites is 3. The SMILES string of the molecule is c1cc(-c2ccc3ccc(-c4ccc(-c5c6ccccc6c(-c6ccc7c(c6)oc6ccccc67)c6ccccc56)cc4)cc3c2)cc(-c2c3ccccc3c(-c3cccc4c3oc3ccccc34)c3ccccc23)c1. The van der Waals surface area contributed by atoms with Crippen LogP contribution in [0.25, 0.3) is 165 Å². The van der Waals surface area contributed by atoms with Gasteiger partial charge in [-0.15, -0.1) is 0 Å². The second kappa shape index (κ2) is 16.8. The second-order valence-electron chi connectivity index (χ2n) is 20.2. The molecule has 0 aliphatic carbocycles. The van der Waals surface area contributed by atoms with Crippen LogP contribution < -0.4 is 0 Å². The van der Waals surface area contributed by atoms with Crippen LogP contribution in [0.3, 0.4) is 0 Å². The van der Waals surface area contributed by atoms with Gasteiger partial charge in [0.1, 0.15) is 22.3 Å². The maximum Gasteiger partial charge on any atom is 0.143 e. The first-order chi connectivity index (χ1) is 37.7. The van der Waals surface area contributed by atoms with Gasteiger partial charge in [0.2, 0.25) is 0 Å². The molecule has 0 radical (unpaired) electrons. The van der Waals surface area contributed by atoms with E-state index in [1.165, 1.54) is 109 Å². The molecule has 0 saturated heterocycles. The lowest BCUT2D eigenvalue weighted by molar-refractivity contribution is 0.669. The fourth-order valence-corrected chi connectivity index (χ4v) is 12.6. The van der Waals surface area contributed by atoms with Gasteiger partial charge in [0, 0.05) is 32.7 Å². The lowest BCUT2D eigenvalue weighted by atomic mass is 9.85. The summed E-state index contributed by atoms with van der Waals surface area (Å²) in [5, 5.41) is 16.7. The zero-order valence-corrected chi connectivity index (χ0v) is 41.2. The predicted octanol–water partition coefficient (Wildman–Crippen LogP) is 21.3. The Morgan fingerprint density at radius 3 is 1.16 bits per heavy atom. The summed E-state index contributed by atoms with van der Waals surface area (Å²) in [4.78, 5) is 0. The molecule has 352 valence electrons. The van der Waals surface area contributed by atoms with Crippen molar-refractivity contribution in [2.45, 2.75) is 0 Å². The number of benzene rings is 14. The van der Waals surface area contributed by atoms with E-state index in [0.29, 0.717) is 0 Å². The molecule has 0 bridgehead atoms. The normalized spacial score (nSPS) is 11.9. The Labute approximate surface area is 437 Å². The summed E-state index contributed by atoms with van der Waals surface area (Å²) in [6.45, 7) is 0. The smallest absolute Gasteiger partial charge is 0.143 e. The first-order valence-electron chi connectivity index (χ1n) is 26.1. The van der Waals surface area contributed by atoms with Gasteiger partial charge in [0.05, 0.1) is 0 Å². The molecule has 2 heteroatoms. The van der Waals surface area contributed by atoms with Crippen LogP contribution >= 0.6 is 0 Å². The quantitative estimate of drug-likeness (QED) is 0.155. The minimum Gasteiger partial charge on any atom is -0.456 e. The van der Waals surface area contributed by atoms with Crippen molar-refractivity contribution in [3.8, 4) is 66.8 Å². The third-order valence-corrected chi connectivity index (χ3v) is 16.0. The molecule has 0 fully saturated rings. The first kappa shape index (κ1) is 42.5. The number of hydrogen-bond donors (Lipinski definition) is 0. The lowest BCUT2D eigenvalue weighted by Crippen LogP contribution is -1.91. The summed E-state index contributed by atoms with van der Waals surface area (Å²) in [6, 6.07) is 97.3. The third-order valence-electron chi connectivity index (χ3n) is 16.0. The average molecular weight is 965 g/mol. The zero-order valence-electron chi connectivity index (χ0n) is 41.2. The first-order valence-corrected chi connectivity index (χ1v) is 26.1. The predicted molar refractivity (Wildman–Crippen MR) is 321 cm³/mol. The lowest BCUT2D eigenvalue weighted by Gasteiger charge is -2.18. The van der Waals surface area contributed by atoms with E-state index in [0.717, 1.165) is 55.0 Å². The molecular formula is C74H44O2. The van der Waals surface area contributed by atoms with Crippen molar-refractivity contribution in [2.24, 2.45) is 0 Å². The van der Waals surface area contributed by atoms with Crippen LogP contribution in [0.15, 0.2) is 276 Å². The van der Waals surface area contributed by atoms with Crippen molar-refractivity contribution in [1.29, 1.82) is 0 Å². The Morgan fingerprint density at radius 1 is 0.184 bits per heavy atom. The van der Waals surface area contributed by atoms with Crippen molar-refractivity contribution in [1.82, 2.24) is 0 Å². The molecule has 2 heterocycles. The Morgan fingerprint density at radius 2 is 0.566 bits per heavy atom. The van der Waals surface area contributed by atoms with E-state index < -0.39 is 0 Å². The van der Waals surface area contributed by atoms with Gasteiger partial charge in [-0.1, -0.05) is 224 Å². The fraction of sp³-hybridized carbons (Fsp3) is 0. The van der Waals surface area contributed by atoms with Crippen LogP contribution in [-0.2, 0) is 0 Å². The molecular weight excluding hydrogens is 921 g/mol. The summed E-state index contributed by atoms with van der Waals surface area (Å²) in [7, 11) is 0. The number of hydrogen-bond acceptors (Lipinski definition) is 2. The summed E-state index contributed by atoms with van der Waals surface area (Å²) in [6.07, 6.45) is 0. The standard InChI is InChI=1S/C74H44O2/c1-3-21-59-57(19-1)70(58-20-2-4-22-60(58)72(59)52-39-40-56-54-17-9-11-29-67(54)75-69(56)44-52)47-35-31-45(32-36-47)49-37-33-46-34-38-50(43-53(46)42-49)48-15-13-16-51(41-48)71-61-23-5-7-25-63(61)73(64-26-8-6-24-62(64)71)66-28-14-27-65-55-18-10-12-30-68(55)76-74(65)66/h1-44H. The monoisotopic (exact) mass is 964 g/mol.